The molecule has 2 rings (SSSR count). The SMILES string of the molecule is Cc1ccc(C)c(CC(N)c2cncn2C)c1. The first-order valence-electron chi connectivity index (χ1n) is 5.86. The third kappa shape index (κ3) is 2.56. The lowest BCUT2D eigenvalue weighted by molar-refractivity contribution is 0.654. The summed E-state index contributed by atoms with van der Waals surface area (Å²) >= 11 is 0. The quantitative estimate of drug-likeness (QED) is 0.877. The summed E-state index contributed by atoms with van der Waals surface area (Å²) in [6.45, 7) is 4.24. The molecule has 0 amide bonds. The van der Waals surface area contributed by atoms with Crippen LogP contribution in [0.4, 0.5) is 0 Å². The molecule has 17 heavy (non-hydrogen) atoms. The largest absolute Gasteiger partial charge is 0.336 e. The van der Waals surface area contributed by atoms with Gasteiger partial charge in [-0.1, -0.05) is 23.8 Å². The minimum Gasteiger partial charge on any atom is -0.336 e. The molecule has 0 radical (unpaired) electrons. The Balaban J connectivity index is 2.21. The number of rotatable bonds is 3. The van der Waals surface area contributed by atoms with Crippen molar-refractivity contribution >= 4 is 0 Å². The van der Waals surface area contributed by atoms with Crippen LogP contribution in [0.1, 0.15) is 28.4 Å². The van der Waals surface area contributed by atoms with Gasteiger partial charge in [0.1, 0.15) is 0 Å². The molecule has 0 saturated heterocycles. The molecule has 1 aromatic heterocycles. The van der Waals surface area contributed by atoms with Crippen LogP contribution in [-0.4, -0.2) is 9.55 Å². The van der Waals surface area contributed by atoms with Crippen molar-refractivity contribution in [3.8, 4) is 0 Å². The van der Waals surface area contributed by atoms with E-state index < -0.39 is 0 Å². The van der Waals surface area contributed by atoms with Crippen molar-refractivity contribution in [1.29, 1.82) is 0 Å². The van der Waals surface area contributed by atoms with E-state index in [1.165, 1.54) is 16.7 Å². The lowest BCUT2D eigenvalue weighted by Gasteiger charge is -2.14. The fourth-order valence-electron chi connectivity index (χ4n) is 2.09. The van der Waals surface area contributed by atoms with Crippen LogP contribution in [0.15, 0.2) is 30.7 Å². The maximum atomic E-state index is 6.23. The van der Waals surface area contributed by atoms with Gasteiger partial charge in [-0.15, -0.1) is 0 Å². The smallest absolute Gasteiger partial charge is 0.0946 e. The predicted octanol–water partition coefficient (Wildman–Crippen LogP) is 2.28. The van der Waals surface area contributed by atoms with Gasteiger partial charge in [-0.05, 0) is 31.4 Å². The summed E-state index contributed by atoms with van der Waals surface area (Å²) in [6.07, 6.45) is 4.49. The number of aromatic nitrogens is 2. The predicted molar refractivity (Wildman–Crippen MR) is 69.8 cm³/mol. The van der Waals surface area contributed by atoms with Crippen LogP contribution in [0.25, 0.3) is 0 Å². The second-order valence-electron chi connectivity index (χ2n) is 4.67. The molecule has 0 saturated carbocycles. The van der Waals surface area contributed by atoms with Crippen LogP contribution in [0.2, 0.25) is 0 Å². The molecule has 0 aliphatic carbocycles. The Bertz CT molecular complexity index is 514. The summed E-state index contributed by atoms with van der Waals surface area (Å²) in [6, 6.07) is 6.50. The van der Waals surface area contributed by atoms with Crippen LogP contribution in [0, 0.1) is 13.8 Å². The molecule has 2 aromatic rings. The monoisotopic (exact) mass is 229 g/mol. The van der Waals surface area contributed by atoms with E-state index in [4.69, 9.17) is 5.73 Å². The summed E-state index contributed by atoms with van der Waals surface area (Å²) in [5, 5.41) is 0. The molecule has 0 fully saturated rings. The fourth-order valence-corrected chi connectivity index (χ4v) is 2.09. The van der Waals surface area contributed by atoms with Gasteiger partial charge in [-0.3, -0.25) is 0 Å². The number of imidazole rings is 1. The van der Waals surface area contributed by atoms with Gasteiger partial charge in [-0.25, -0.2) is 4.98 Å². The molecular formula is C14H19N3. The van der Waals surface area contributed by atoms with Gasteiger partial charge in [0, 0.05) is 13.2 Å². The van der Waals surface area contributed by atoms with Crippen molar-refractivity contribution in [2.24, 2.45) is 12.8 Å². The van der Waals surface area contributed by atoms with Crippen LogP contribution in [0.5, 0.6) is 0 Å². The first-order chi connectivity index (χ1) is 8.08. The average Bonchev–Trinajstić information content (AvgIpc) is 2.70. The van der Waals surface area contributed by atoms with E-state index in [9.17, 15) is 0 Å². The molecular weight excluding hydrogens is 210 g/mol. The number of benzene rings is 1. The van der Waals surface area contributed by atoms with Crippen molar-refractivity contribution < 1.29 is 0 Å². The molecule has 0 bridgehead atoms. The third-order valence-electron chi connectivity index (χ3n) is 3.18. The van der Waals surface area contributed by atoms with Gasteiger partial charge >= 0.3 is 0 Å². The zero-order valence-electron chi connectivity index (χ0n) is 10.6. The van der Waals surface area contributed by atoms with Crippen LogP contribution in [0.3, 0.4) is 0 Å². The van der Waals surface area contributed by atoms with Crippen molar-refractivity contribution in [2.45, 2.75) is 26.3 Å². The Labute approximate surface area is 102 Å². The van der Waals surface area contributed by atoms with Crippen molar-refractivity contribution in [3.05, 3.63) is 53.1 Å². The van der Waals surface area contributed by atoms with Crippen LogP contribution >= 0.6 is 0 Å². The maximum absolute atomic E-state index is 6.23. The van der Waals surface area contributed by atoms with E-state index in [2.05, 4.69) is 37.0 Å². The lowest BCUT2D eigenvalue weighted by atomic mass is 9.98. The second-order valence-corrected chi connectivity index (χ2v) is 4.67. The number of nitrogens with two attached hydrogens (primary N) is 1. The van der Waals surface area contributed by atoms with E-state index >= 15 is 0 Å². The van der Waals surface area contributed by atoms with Crippen molar-refractivity contribution in [2.75, 3.05) is 0 Å². The highest BCUT2D eigenvalue weighted by molar-refractivity contribution is 5.31. The summed E-state index contributed by atoms with van der Waals surface area (Å²) in [5.41, 5.74) is 11.2. The zero-order chi connectivity index (χ0) is 12.4. The standard InChI is InChI=1S/C14H19N3/c1-10-4-5-11(2)12(6-10)7-13(15)14-8-16-9-17(14)3/h4-6,8-9,13H,7,15H2,1-3H3. The Morgan fingerprint density at radius 3 is 2.76 bits per heavy atom. The Hall–Kier alpha value is -1.61. The third-order valence-corrected chi connectivity index (χ3v) is 3.18. The minimum atomic E-state index is 0.00278. The van der Waals surface area contributed by atoms with E-state index in [1.54, 1.807) is 6.33 Å². The fraction of sp³-hybridized carbons (Fsp3) is 0.357. The second kappa shape index (κ2) is 4.72. The molecule has 1 unspecified atom stereocenters. The van der Waals surface area contributed by atoms with E-state index in [1.807, 2.05) is 17.8 Å². The van der Waals surface area contributed by atoms with Crippen LogP contribution in [-0.2, 0) is 13.5 Å². The van der Waals surface area contributed by atoms with E-state index in [-0.39, 0.29) is 6.04 Å². The number of aryl methyl sites for hydroxylation is 3. The number of nitrogens with zero attached hydrogens (tertiary/aromatic N) is 2. The highest BCUT2D eigenvalue weighted by atomic mass is 15.0. The molecule has 2 N–H and O–H groups in total. The molecule has 0 aliphatic heterocycles. The van der Waals surface area contributed by atoms with Gasteiger partial charge in [0.05, 0.1) is 18.1 Å². The van der Waals surface area contributed by atoms with Gasteiger partial charge in [0.25, 0.3) is 0 Å². The highest BCUT2D eigenvalue weighted by Gasteiger charge is 2.11. The molecule has 3 heteroatoms. The summed E-state index contributed by atoms with van der Waals surface area (Å²) in [4.78, 5) is 4.11. The Kier molecular flexibility index (Phi) is 3.29. The van der Waals surface area contributed by atoms with Crippen molar-refractivity contribution in [3.63, 3.8) is 0 Å². The maximum Gasteiger partial charge on any atom is 0.0946 e. The Morgan fingerprint density at radius 2 is 2.12 bits per heavy atom. The average molecular weight is 229 g/mol. The summed E-state index contributed by atoms with van der Waals surface area (Å²) in [7, 11) is 1.98. The lowest BCUT2D eigenvalue weighted by Crippen LogP contribution is -2.17. The molecule has 0 spiro atoms. The molecule has 3 nitrogen and oxygen atoms in total. The highest BCUT2D eigenvalue weighted by Crippen LogP contribution is 2.19. The van der Waals surface area contributed by atoms with Gasteiger partial charge in [-0.2, -0.15) is 0 Å². The normalized spacial score (nSPS) is 12.7. The molecule has 0 aliphatic rings. The van der Waals surface area contributed by atoms with Gasteiger partial charge in [0.2, 0.25) is 0 Å². The summed E-state index contributed by atoms with van der Waals surface area (Å²) in [5.74, 6) is 0. The van der Waals surface area contributed by atoms with E-state index in [0.717, 1.165) is 12.1 Å². The van der Waals surface area contributed by atoms with Crippen LogP contribution < -0.4 is 5.73 Å². The first-order valence-corrected chi connectivity index (χ1v) is 5.86. The summed E-state index contributed by atoms with van der Waals surface area (Å²) < 4.78 is 1.98. The zero-order valence-corrected chi connectivity index (χ0v) is 10.6. The van der Waals surface area contributed by atoms with Gasteiger partial charge in [0.15, 0.2) is 0 Å². The van der Waals surface area contributed by atoms with Crippen molar-refractivity contribution in [1.82, 2.24) is 9.55 Å². The Morgan fingerprint density at radius 1 is 1.35 bits per heavy atom. The molecule has 1 aromatic carbocycles. The van der Waals surface area contributed by atoms with Gasteiger partial charge < -0.3 is 10.3 Å². The first kappa shape index (κ1) is 11.9. The minimum absolute atomic E-state index is 0.00278. The molecule has 1 heterocycles. The van der Waals surface area contributed by atoms with E-state index in [0.29, 0.717) is 0 Å². The number of hydrogen-bond donors (Lipinski definition) is 1. The molecule has 1 atom stereocenters. The topological polar surface area (TPSA) is 43.8 Å². The molecule has 90 valence electrons. The number of hydrogen-bond acceptors (Lipinski definition) is 2.